The van der Waals surface area contributed by atoms with E-state index in [-0.39, 0.29) is 0 Å². The van der Waals surface area contributed by atoms with Gasteiger partial charge in [0.05, 0.1) is 23.1 Å². The summed E-state index contributed by atoms with van der Waals surface area (Å²) in [6, 6.07) is 9.42. The summed E-state index contributed by atoms with van der Waals surface area (Å²) < 4.78 is 10.1. The summed E-state index contributed by atoms with van der Waals surface area (Å²) >= 11 is 0. The highest BCUT2D eigenvalue weighted by atomic mass is 28.3. The molecule has 0 amide bonds. The van der Waals surface area contributed by atoms with Gasteiger partial charge >= 0.3 is 0 Å². The number of anilines is 2. The Morgan fingerprint density at radius 1 is 1.10 bits per heavy atom. The van der Waals surface area contributed by atoms with Gasteiger partial charge in [0.15, 0.2) is 0 Å². The Morgan fingerprint density at radius 2 is 1.90 bits per heavy atom. The first-order valence-corrected chi connectivity index (χ1v) is 13.8. The summed E-state index contributed by atoms with van der Waals surface area (Å²) in [6.45, 7) is 8.38. The maximum absolute atomic E-state index is 6.11. The molecule has 0 aliphatic heterocycles. The number of hydrogen-bond donors (Lipinski definition) is 1. The summed E-state index contributed by atoms with van der Waals surface area (Å²) in [5, 5.41) is 8.61. The fourth-order valence-corrected chi connectivity index (χ4v) is 4.05. The minimum atomic E-state index is -1.13. The van der Waals surface area contributed by atoms with Crippen LogP contribution in [0.25, 0.3) is 22.2 Å². The van der Waals surface area contributed by atoms with Crippen molar-refractivity contribution in [2.24, 2.45) is 7.05 Å². The van der Waals surface area contributed by atoms with Gasteiger partial charge in [-0.3, -0.25) is 9.67 Å². The van der Waals surface area contributed by atoms with E-state index in [0.717, 1.165) is 46.3 Å². The van der Waals surface area contributed by atoms with Crippen molar-refractivity contribution in [3.8, 4) is 11.3 Å². The molecule has 0 aliphatic rings. The molecular weight excluding hydrogens is 392 g/mol. The number of rotatable bonds is 8. The van der Waals surface area contributed by atoms with Crippen LogP contribution in [0.15, 0.2) is 55.2 Å². The Balaban J connectivity index is 1.66. The lowest BCUT2D eigenvalue weighted by Crippen LogP contribution is -2.22. The Kier molecular flexibility index (Phi) is 5.69. The molecule has 0 aromatic carbocycles. The molecule has 0 atom stereocenters. The lowest BCUT2D eigenvalue weighted by Gasteiger charge is -2.17. The highest BCUT2D eigenvalue weighted by Crippen LogP contribution is 2.29. The van der Waals surface area contributed by atoms with E-state index in [0.29, 0.717) is 6.73 Å². The number of aromatic nitrogens is 5. The van der Waals surface area contributed by atoms with Crippen LogP contribution in [0.4, 0.5) is 11.5 Å². The fraction of sp³-hybridized carbons (Fsp3) is 0.318. The predicted octanol–water partition coefficient (Wildman–Crippen LogP) is 4.89. The highest BCUT2D eigenvalue weighted by molar-refractivity contribution is 6.76. The molecule has 156 valence electrons. The van der Waals surface area contributed by atoms with Gasteiger partial charge in [0, 0.05) is 63.5 Å². The molecule has 0 unspecified atom stereocenters. The molecule has 0 bridgehead atoms. The first-order chi connectivity index (χ1) is 14.4. The topological polar surface area (TPSA) is 69.8 Å². The van der Waals surface area contributed by atoms with Crippen LogP contribution in [0.5, 0.6) is 0 Å². The van der Waals surface area contributed by atoms with Gasteiger partial charge in [0.1, 0.15) is 12.5 Å². The number of ether oxygens (including phenoxy) is 1. The largest absolute Gasteiger partial charge is 0.361 e. The van der Waals surface area contributed by atoms with Crippen LogP contribution in [0, 0.1) is 0 Å². The van der Waals surface area contributed by atoms with E-state index < -0.39 is 8.07 Å². The zero-order chi connectivity index (χ0) is 21.1. The molecule has 0 saturated heterocycles. The molecule has 0 aliphatic carbocycles. The van der Waals surface area contributed by atoms with Crippen molar-refractivity contribution in [2.45, 2.75) is 32.4 Å². The van der Waals surface area contributed by atoms with Gasteiger partial charge in [0.2, 0.25) is 0 Å². The van der Waals surface area contributed by atoms with E-state index in [9.17, 15) is 0 Å². The first-order valence-electron chi connectivity index (χ1n) is 10.1. The van der Waals surface area contributed by atoms with Crippen LogP contribution in [-0.2, 0) is 18.5 Å². The Morgan fingerprint density at radius 3 is 2.60 bits per heavy atom. The van der Waals surface area contributed by atoms with Crippen molar-refractivity contribution >= 4 is 30.5 Å². The Bertz CT molecular complexity index is 1130. The van der Waals surface area contributed by atoms with Crippen molar-refractivity contribution in [3.05, 3.63) is 55.2 Å². The fourth-order valence-electron chi connectivity index (χ4n) is 3.29. The number of nitrogens with one attached hydrogen (secondary N) is 1. The maximum atomic E-state index is 6.11. The van der Waals surface area contributed by atoms with Crippen LogP contribution >= 0.6 is 0 Å². The van der Waals surface area contributed by atoms with E-state index in [2.05, 4.69) is 56.7 Å². The number of pyridine rings is 2. The molecule has 0 saturated carbocycles. The summed E-state index contributed by atoms with van der Waals surface area (Å²) in [5.74, 6) is 0.776. The molecule has 4 heterocycles. The van der Waals surface area contributed by atoms with Crippen LogP contribution in [-0.4, -0.2) is 39.0 Å². The summed E-state index contributed by atoms with van der Waals surface area (Å²) in [6.07, 6.45) is 9.24. The Labute approximate surface area is 177 Å². The molecule has 4 aromatic rings. The predicted molar refractivity (Wildman–Crippen MR) is 124 cm³/mol. The zero-order valence-corrected chi connectivity index (χ0v) is 19.0. The third-order valence-corrected chi connectivity index (χ3v) is 6.66. The molecular formula is C22H28N6OSi. The quantitative estimate of drug-likeness (QED) is 0.325. The molecule has 0 fully saturated rings. The lowest BCUT2D eigenvalue weighted by atomic mass is 10.2. The second-order valence-corrected chi connectivity index (χ2v) is 14.3. The molecule has 4 aromatic heterocycles. The van der Waals surface area contributed by atoms with Gasteiger partial charge in [0.25, 0.3) is 0 Å². The summed E-state index contributed by atoms with van der Waals surface area (Å²) in [4.78, 5) is 8.73. The molecule has 0 radical (unpaired) electrons. The standard InChI is InChI=1S/C22H28N6OSi/c1-27-15-19(14-25-27)26-22-12-21-18(13-24-22)11-20(17-5-7-23-8-6-17)28(21)16-29-9-10-30(2,3)4/h5-8,11-15H,9-10,16H2,1-4H3,(H,24,26). The van der Waals surface area contributed by atoms with Gasteiger partial charge in [-0.25, -0.2) is 4.98 Å². The average molecular weight is 421 g/mol. The maximum Gasteiger partial charge on any atom is 0.132 e. The van der Waals surface area contributed by atoms with Crippen molar-refractivity contribution in [3.63, 3.8) is 0 Å². The third kappa shape index (κ3) is 4.77. The first kappa shape index (κ1) is 20.3. The molecule has 30 heavy (non-hydrogen) atoms. The number of aryl methyl sites for hydroxylation is 1. The average Bonchev–Trinajstić information content (AvgIpc) is 3.28. The monoisotopic (exact) mass is 420 g/mol. The van der Waals surface area contributed by atoms with Gasteiger partial charge in [-0.15, -0.1) is 0 Å². The van der Waals surface area contributed by atoms with E-state index in [4.69, 9.17) is 4.74 Å². The number of nitrogens with zero attached hydrogens (tertiary/aromatic N) is 5. The van der Waals surface area contributed by atoms with Crippen LogP contribution in [0.3, 0.4) is 0 Å². The highest BCUT2D eigenvalue weighted by Gasteiger charge is 2.15. The van der Waals surface area contributed by atoms with E-state index in [1.54, 1.807) is 10.9 Å². The molecule has 7 nitrogen and oxygen atoms in total. The van der Waals surface area contributed by atoms with Crippen LogP contribution in [0.2, 0.25) is 25.7 Å². The number of fused-ring (bicyclic) bond motifs is 1. The second-order valence-electron chi connectivity index (χ2n) is 8.70. The van der Waals surface area contributed by atoms with Gasteiger partial charge < -0.3 is 14.6 Å². The summed E-state index contributed by atoms with van der Waals surface area (Å²) in [7, 11) is 0.763. The van der Waals surface area contributed by atoms with Crippen molar-refractivity contribution in [1.82, 2.24) is 24.3 Å². The van der Waals surface area contributed by atoms with Gasteiger partial charge in [-0.1, -0.05) is 19.6 Å². The number of hydrogen-bond acceptors (Lipinski definition) is 5. The van der Waals surface area contributed by atoms with Crippen molar-refractivity contribution in [2.75, 3.05) is 11.9 Å². The van der Waals surface area contributed by atoms with E-state index in [1.165, 1.54) is 0 Å². The lowest BCUT2D eigenvalue weighted by molar-refractivity contribution is 0.0913. The Hall–Kier alpha value is -2.97. The minimum absolute atomic E-state index is 0.502. The van der Waals surface area contributed by atoms with Crippen LogP contribution < -0.4 is 5.32 Å². The van der Waals surface area contributed by atoms with Crippen molar-refractivity contribution in [1.29, 1.82) is 0 Å². The zero-order valence-electron chi connectivity index (χ0n) is 18.0. The molecule has 1 N–H and O–H groups in total. The van der Waals surface area contributed by atoms with Gasteiger partial charge in [-0.2, -0.15) is 5.10 Å². The van der Waals surface area contributed by atoms with E-state index in [1.807, 2.05) is 44.0 Å². The van der Waals surface area contributed by atoms with E-state index >= 15 is 0 Å². The molecule has 0 spiro atoms. The minimum Gasteiger partial charge on any atom is -0.361 e. The molecule has 4 rings (SSSR count). The second kappa shape index (κ2) is 8.41. The van der Waals surface area contributed by atoms with Crippen molar-refractivity contribution < 1.29 is 4.74 Å². The SMILES string of the molecule is Cn1cc(Nc2cc3c(cn2)cc(-c2ccncc2)n3COCC[Si](C)(C)C)cn1. The normalized spacial score (nSPS) is 11.9. The third-order valence-electron chi connectivity index (χ3n) is 4.96. The molecule has 8 heteroatoms. The smallest absolute Gasteiger partial charge is 0.132 e. The summed E-state index contributed by atoms with van der Waals surface area (Å²) in [5.41, 5.74) is 4.19. The van der Waals surface area contributed by atoms with Gasteiger partial charge in [-0.05, 0) is 24.2 Å². The van der Waals surface area contributed by atoms with Crippen LogP contribution in [0.1, 0.15) is 0 Å².